The molecule has 0 aliphatic heterocycles. The number of aryl methyl sites for hydroxylation is 1. The van der Waals surface area contributed by atoms with Crippen molar-refractivity contribution in [2.75, 3.05) is 6.54 Å². The van der Waals surface area contributed by atoms with E-state index in [1.807, 2.05) is 16.2 Å². The first kappa shape index (κ1) is 25.6. The molecule has 0 unspecified atom stereocenters. The minimum Gasteiger partial charge on any atom is -0.475 e. The van der Waals surface area contributed by atoms with Crippen molar-refractivity contribution in [1.29, 1.82) is 0 Å². The van der Waals surface area contributed by atoms with E-state index in [0.29, 0.717) is 40.9 Å². The van der Waals surface area contributed by atoms with Crippen LogP contribution in [0.3, 0.4) is 0 Å². The number of nitrogens with two attached hydrogens (primary N) is 1. The van der Waals surface area contributed by atoms with Crippen molar-refractivity contribution in [1.82, 2.24) is 23.9 Å². The van der Waals surface area contributed by atoms with Gasteiger partial charge in [0.05, 0.1) is 11.2 Å². The Bertz CT molecular complexity index is 1680. The third kappa shape index (κ3) is 4.82. The van der Waals surface area contributed by atoms with Crippen LogP contribution in [0.25, 0.3) is 38.9 Å². The zero-order chi connectivity index (χ0) is 27.1. The number of nitrogens with one attached hydrogen (secondary N) is 1. The van der Waals surface area contributed by atoms with Gasteiger partial charge < -0.3 is 20.0 Å². The largest absolute Gasteiger partial charge is 0.490 e. The van der Waals surface area contributed by atoms with Crippen LogP contribution in [0.2, 0.25) is 0 Å². The highest BCUT2D eigenvalue weighted by Gasteiger charge is 2.38. The van der Waals surface area contributed by atoms with Crippen LogP contribution < -0.4 is 11.4 Å². The highest BCUT2D eigenvalue weighted by atomic mass is 19.4. The number of benzene rings is 2. The summed E-state index contributed by atoms with van der Waals surface area (Å²) in [4.78, 5) is 21.7. The van der Waals surface area contributed by atoms with E-state index < -0.39 is 23.7 Å². The predicted octanol–water partition coefficient (Wildman–Crippen LogP) is 3.54. The summed E-state index contributed by atoms with van der Waals surface area (Å²) in [6, 6.07) is 8.86. The number of aromatic amines is 1. The average Bonchev–Trinajstić information content (AvgIpc) is 3.46. The summed E-state index contributed by atoms with van der Waals surface area (Å²) in [5.74, 6) is -3.25. The molecular weight excluding hydrogens is 503 g/mol. The molecule has 0 atom stereocenters. The fraction of sp³-hybridized carbons (Fsp3) is 0.174. The van der Waals surface area contributed by atoms with Crippen LogP contribution in [0.4, 0.5) is 22.0 Å². The molecular formula is C23H19F5N6O3. The second-order valence-electron chi connectivity index (χ2n) is 7.96. The fourth-order valence-corrected chi connectivity index (χ4v) is 4.00. The number of carboxylic acid groups (broad SMARTS) is 1. The fourth-order valence-electron chi connectivity index (χ4n) is 4.00. The third-order valence-corrected chi connectivity index (χ3v) is 5.54. The van der Waals surface area contributed by atoms with E-state index >= 15 is 0 Å². The number of aliphatic carboxylic acids is 1. The third-order valence-electron chi connectivity index (χ3n) is 5.54. The number of aromatic nitrogens is 5. The Kier molecular flexibility index (Phi) is 6.61. The number of carboxylic acids is 1. The Balaban J connectivity index is 0.000000405. The molecule has 0 spiro atoms. The van der Waals surface area contributed by atoms with E-state index in [1.54, 1.807) is 24.5 Å². The molecule has 0 radical (unpaired) electrons. The van der Waals surface area contributed by atoms with E-state index in [0.717, 1.165) is 11.0 Å². The molecule has 3 aromatic heterocycles. The highest BCUT2D eigenvalue weighted by Crippen LogP contribution is 2.32. The molecule has 9 nitrogen and oxygen atoms in total. The minimum atomic E-state index is -5.08. The lowest BCUT2D eigenvalue weighted by molar-refractivity contribution is -0.192. The maximum absolute atomic E-state index is 14.0. The van der Waals surface area contributed by atoms with Crippen molar-refractivity contribution >= 4 is 27.8 Å². The summed E-state index contributed by atoms with van der Waals surface area (Å²) in [5.41, 5.74) is 7.85. The quantitative estimate of drug-likeness (QED) is 0.312. The number of fused-ring (bicyclic) bond motifs is 2. The van der Waals surface area contributed by atoms with E-state index in [4.69, 9.17) is 15.6 Å². The predicted molar refractivity (Wildman–Crippen MR) is 124 cm³/mol. The van der Waals surface area contributed by atoms with E-state index in [2.05, 4.69) is 10.2 Å². The van der Waals surface area contributed by atoms with Gasteiger partial charge in [0, 0.05) is 54.4 Å². The molecule has 2 aromatic carbocycles. The molecule has 4 N–H and O–H groups in total. The second-order valence-corrected chi connectivity index (χ2v) is 7.96. The van der Waals surface area contributed by atoms with Crippen LogP contribution in [-0.4, -0.2) is 47.7 Å². The standard InChI is InChI=1S/C21H18F2N6O.C2HF3O2/c1-27-10-16(14-8-12(22)2-4-17(14)27)20-25-26-21(30)29(20)19-11-28(7-6-24)18-5-3-13(23)9-15(18)19;3-2(4,5)1(6)7/h2-5,8-11H,6-7,24H2,1H3,(H,26,30);(H,6,7). The zero-order valence-corrected chi connectivity index (χ0v) is 19.1. The Morgan fingerprint density at radius 1 is 1.05 bits per heavy atom. The van der Waals surface area contributed by atoms with Gasteiger partial charge in [0.25, 0.3) is 0 Å². The number of H-pyrrole nitrogens is 1. The van der Waals surface area contributed by atoms with E-state index in [1.165, 1.54) is 28.8 Å². The van der Waals surface area contributed by atoms with Gasteiger partial charge in [0.2, 0.25) is 0 Å². The highest BCUT2D eigenvalue weighted by molar-refractivity contribution is 5.96. The van der Waals surface area contributed by atoms with Gasteiger partial charge in [0.1, 0.15) is 11.6 Å². The van der Waals surface area contributed by atoms with Crippen molar-refractivity contribution in [3.63, 3.8) is 0 Å². The van der Waals surface area contributed by atoms with Gasteiger partial charge >= 0.3 is 17.8 Å². The summed E-state index contributed by atoms with van der Waals surface area (Å²) in [6.45, 7) is 0.889. The lowest BCUT2D eigenvalue weighted by atomic mass is 10.1. The Hall–Kier alpha value is -4.46. The molecule has 37 heavy (non-hydrogen) atoms. The van der Waals surface area contributed by atoms with E-state index in [9.17, 15) is 26.7 Å². The van der Waals surface area contributed by atoms with Crippen LogP contribution in [0.5, 0.6) is 0 Å². The Morgan fingerprint density at radius 2 is 1.65 bits per heavy atom. The molecule has 0 amide bonds. The SMILES string of the molecule is Cn1cc(-c2n[nH]c(=O)n2-c2cn(CCN)c3ccc(F)cc23)c2cc(F)ccc21.O=C(O)C(F)(F)F. The summed E-state index contributed by atoms with van der Waals surface area (Å²) in [6.07, 6.45) is -1.54. The van der Waals surface area contributed by atoms with Crippen molar-refractivity contribution in [2.24, 2.45) is 12.8 Å². The van der Waals surface area contributed by atoms with Crippen molar-refractivity contribution < 1.29 is 31.9 Å². The lowest BCUT2D eigenvalue weighted by Crippen LogP contribution is -2.21. The first-order valence-electron chi connectivity index (χ1n) is 10.6. The first-order valence-corrected chi connectivity index (χ1v) is 10.6. The summed E-state index contributed by atoms with van der Waals surface area (Å²) >= 11 is 0. The topological polar surface area (TPSA) is 124 Å². The van der Waals surface area contributed by atoms with Crippen LogP contribution in [0.1, 0.15) is 0 Å². The van der Waals surface area contributed by atoms with Gasteiger partial charge in [-0.1, -0.05) is 0 Å². The molecule has 5 rings (SSSR count). The van der Waals surface area contributed by atoms with Gasteiger partial charge in [-0.2, -0.15) is 18.3 Å². The summed E-state index contributed by atoms with van der Waals surface area (Å²) in [7, 11) is 1.83. The maximum atomic E-state index is 14.0. The van der Waals surface area contributed by atoms with Crippen molar-refractivity contribution in [3.05, 3.63) is 70.9 Å². The lowest BCUT2D eigenvalue weighted by Gasteiger charge is -2.04. The number of hydrogen-bond donors (Lipinski definition) is 3. The van der Waals surface area contributed by atoms with Gasteiger partial charge in [-0.25, -0.2) is 28.0 Å². The Morgan fingerprint density at radius 3 is 2.24 bits per heavy atom. The van der Waals surface area contributed by atoms with Crippen molar-refractivity contribution in [2.45, 2.75) is 12.7 Å². The normalized spacial score (nSPS) is 11.6. The molecule has 0 aliphatic rings. The van der Waals surface area contributed by atoms with Crippen LogP contribution in [0.15, 0.2) is 53.6 Å². The van der Waals surface area contributed by atoms with Gasteiger partial charge in [0.15, 0.2) is 5.82 Å². The Labute approximate surface area is 204 Å². The van der Waals surface area contributed by atoms with Crippen LogP contribution in [-0.2, 0) is 18.4 Å². The molecule has 0 saturated carbocycles. The molecule has 0 bridgehead atoms. The number of hydrogen-bond acceptors (Lipinski definition) is 4. The molecule has 0 fully saturated rings. The molecule has 5 aromatic rings. The summed E-state index contributed by atoms with van der Waals surface area (Å²) < 4.78 is 64.8. The number of rotatable bonds is 4. The number of nitrogens with zero attached hydrogens (tertiary/aromatic N) is 4. The van der Waals surface area contributed by atoms with Gasteiger partial charge in [-0.05, 0) is 36.4 Å². The zero-order valence-electron chi connectivity index (χ0n) is 19.1. The molecule has 0 saturated heterocycles. The summed E-state index contributed by atoms with van der Waals surface area (Å²) in [5, 5.41) is 15.0. The van der Waals surface area contributed by atoms with Gasteiger partial charge in [-0.15, -0.1) is 0 Å². The first-order chi connectivity index (χ1) is 17.4. The number of carbonyl (C=O) groups is 1. The monoisotopic (exact) mass is 522 g/mol. The number of alkyl halides is 3. The van der Waals surface area contributed by atoms with Crippen LogP contribution >= 0.6 is 0 Å². The van der Waals surface area contributed by atoms with Crippen molar-refractivity contribution in [3.8, 4) is 17.1 Å². The number of halogens is 5. The van der Waals surface area contributed by atoms with Gasteiger partial charge in [-0.3, -0.25) is 0 Å². The maximum Gasteiger partial charge on any atom is 0.490 e. The molecule has 194 valence electrons. The van der Waals surface area contributed by atoms with Crippen LogP contribution in [0, 0.1) is 11.6 Å². The molecule has 3 heterocycles. The minimum absolute atomic E-state index is 0.312. The second kappa shape index (κ2) is 9.54. The smallest absolute Gasteiger partial charge is 0.475 e. The molecule has 0 aliphatic carbocycles. The molecule has 14 heteroatoms. The average molecular weight is 522 g/mol. The van der Waals surface area contributed by atoms with E-state index in [-0.39, 0.29) is 5.82 Å².